The predicted molar refractivity (Wildman–Crippen MR) is 39.6 cm³/mol. The van der Waals surface area contributed by atoms with Crippen molar-refractivity contribution in [2.75, 3.05) is 6.61 Å². The summed E-state index contributed by atoms with van der Waals surface area (Å²) in [5.41, 5.74) is 0. The maximum absolute atomic E-state index is 10.8. The number of rotatable bonds is 2. The first-order chi connectivity index (χ1) is 6.07. The maximum Gasteiger partial charge on any atom is 0.338 e. The number of carbonyl (C=O) groups is 1. The minimum Gasteiger partial charge on any atom is -0.457 e. The Labute approximate surface area is 74.4 Å². The number of esters is 1. The summed E-state index contributed by atoms with van der Waals surface area (Å²) in [5, 5.41) is 35.9. The highest BCUT2D eigenvalue weighted by Crippen LogP contribution is 2.18. The van der Waals surface area contributed by atoms with Gasteiger partial charge in [-0.05, 0) is 0 Å². The lowest BCUT2D eigenvalue weighted by Crippen LogP contribution is -2.55. The van der Waals surface area contributed by atoms with Gasteiger partial charge >= 0.3 is 5.97 Å². The fraction of sp³-hybridized carbons (Fsp3) is 0.857. The third-order valence-corrected chi connectivity index (χ3v) is 1.98. The Morgan fingerprint density at radius 1 is 1.23 bits per heavy atom. The normalized spacial score (nSPS) is 40.2. The zero-order valence-electron chi connectivity index (χ0n) is 6.83. The van der Waals surface area contributed by atoms with Gasteiger partial charge in [-0.2, -0.15) is 0 Å². The van der Waals surface area contributed by atoms with E-state index < -0.39 is 30.4 Å². The molecule has 6 heteroatoms. The van der Waals surface area contributed by atoms with E-state index in [4.69, 9.17) is 15.3 Å². The number of ether oxygens (including phenoxy) is 1. The monoisotopic (exact) mass is 192 g/mol. The van der Waals surface area contributed by atoms with Crippen molar-refractivity contribution in [3.63, 3.8) is 0 Å². The Morgan fingerprint density at radius 2 is 1.85 bits per heavy atom. The molecule has 1 heterocycles. The summed E-state index contributed by atoms with van der Waals surface area (Å²) in [6, 6.07) is 0. The second-order valence-electron chi connectivity index (χ2n) is 2.91. The molecule has 0 aromatic heterocycles. The third kappa shape index (κ3) is 1.97. The maximum atomic E-state index is 10.8. The van der Waals surface area contributed by atoms with E-state index in [1.54, 1.807) is 0 Å². The van der Waals surface area contributed by atoms with E-state index >= 15 is 0 Å². The van der Waals surface area contributed by atoms with E-state index in [1.165, 1.54) is 0 Å². The summed E-state index contributed by atoms with van der Waals surface area (Å²) < 4.78 is 4.56. The minimum atomic E-state index is -1.70. The highest BCUT2D eigenvalue weighted by molar-refractivity contribution is 5.76. The van der Waals surface area contributed by atoms with Crippen LogP contribution >= 0.6 is 0 Å². The number of carbonyl (C=O) groups excluding carboxylic acids is 1. The van der Waals surface area contributed by atoms with Crippen molar-refractivity contribution >= 4 is 5.97 Å². The Balaban J connectivity index is 2.64. The first-order valence-electron chi connectivity index (χ1n) is 3.93. The SMILES string of the molecule is O=C1O[C@@H](CCO)[C@H](O)[C@@H](O)[C@@H]1O. The smallest absolute Gasteiger partial charge is 0.338 e. The summed E-state index contributed by atoms with van der Waals surface area (Å²) in [4.78, 5) is 10.8. The van der Waals surface area contributed by atoms with Crippen LogP contribution in [-0.2, 0) is 9.53 Å². The van der Waals surface area contributed by atoms with E-state index in [9.17, 15) is 9.90 Å². The van der Waals surface area contributed by atoms with E-state index in [0.29, 0.717) is 0 Å². The second kappa shape index (κ2) is 4.01. The van der Waals surface area contributed by atoms with Gasteiger partial charge in [0.25, 0.3) is 0 Å². The van der Waals surface area contributed by atoms with Gasteiger partial charge in [-0.3, -0.25) is 0 Å². The average Bonchev–Trinajstić information content (AvgIpc) is 2.11. The van der Waals surface area contributed by atoms with Gasteiger partial charge in [0.15, 0.2) is 6.10 Å². The molecule has 0 unspecified atom stereocenters. The number of aliphatic hydroxyl groups is 4. The molecule has 0 spiro atoms. The molecule has 1 aliphatic rings. The van der Waals surface area contributed by atoms with E-state index in [0.717, 1.165) is 0 Å². The van der Waals surface area contributed by atoms with Gasteiger partial charge in [0.05, 0.1) is 0 Å². The number of cyclic esters (lactones) is 1. The Hall–Kier alpha value is -0.690. The van der Waals surface area contributed by atoms with Crippen LogP contribution in [0, 0.1) is 0 Å². The molecule has 0 aliphatic carbocycles. The molecule has 1 rings (SSSR count). The molecular weight excluding hydrogens is 180 g/mol. The quantitative estimate of drug-likeness (QED) is 0.357. The van der Waals surface area contributed by atoms with Gasteiger partial charge in [0.2, 0.25) is 0 Å². The van der Waals surface area contributed by atoms with Crippen molar-refractivity contribution < 1.29 is 30.0 Å². The Morgan fingerprint density at radius 3 is 2.38 bits per heavy atom. The second-order valence-corrected chi connectivity index (χ2v) is 2.91. The summed E-state index contributed by atoms with van der Waals surface area (Å²) in [5.74, 6) is -0.976. The minimum absolute atomic E-state index is 0.0384. The van der Waals surface area contributed by atoms with Gasteiger partial charge in [0.1, 0.15) is 18.3 Å². The van der Waals surface area contributed by atoms with Crippen LogP contribution in [0.1, 0.15) is 6.42 Å². The predicted octanol–water partition coefficient (Wildman–Crippen LogP) is -2.62. The molecule has 0 saturated carbocycles. The molecule has 0 aromatic rings. The molecule has 13 heavy (non-hydrogen) atoms. The van der Waals surface area contributed by atoms with E-state index in [2.05, 4.69) is 4.74 Å². The van der Waals surface area contributed by atoms with Crippen LogP contribution in [0.2, 0.25) is 0 Å². The fourth-order valence-electron chi connectivity index (χ4n) is 1.19. The van der Waals surface area contributed by atoms with Crippen molar-refractivity contribution in [2.24, 2.45) is 0 Å². The molecule has 6 nitrogen and oxygen atoms in total. The van der Waals surface area contributed by atoms with Crippen LogP contribution in [0.4, 0.5) is 0 Å². The van der Waals surface area contributed by atoms with Crippen LogP contribution < -0.4 is 0 Å². The van der Waals surface area contributed by atoms with Gasteiger partial charge in [-0.25, -0.2) is 4.79 Å². The van der Waals surface area contributed by atoms with Crippen LogP contribution in [0.3, 0.4) is 0 Å². The first kappa shape index (κ1) is 10.4. The molecule has 4 atom stereocenters. The lowest BCUT2D eigenvalue weighted by atomic mass is 9.98. The van der Waals surface area contributed by atoms with E-state index in [-0.39, 0.29) is 13.0 Å². The number of aliphatic hydroxyl groups excluding tert-OH is 4. The lowest BCUT2D eigenvalue weighted by Gasteiger charge is -2.33. The van der Waals surface area contributed by atoms with Crippen molar-refractivity contribution in [2.45, 2.75) is 30.8 Å². The van der Waals surface area contributed by atoms with Crippen LogP contribution in [0.25, 0.3) is 0 Å². The Kier molecular flexibility index (Phi) is 3.21. The average molecular weight is 192 g/mol. The van der Waals surface area contributed by atoms with Gasteiger partial charge in [-0.15, -0.1) is 0 Å². The summed E-state index contributed by atoms with van der Waals surface area (Å²) in [7, 11) is 0. The van der Waals surface area contributed by atoms with Crippen molar-refractivity contribution in [1.82, 2.24) is 0 Å². The Bertz CT molecular complexity index is 193. The van der Waals surface area contributed by atoms with Crippen molar-refractivity contribution in [1.29, 1.82) is 0 Å². The zero-order chi connectivity index (χ0) is 10.0. The lowest BCUT2D eigenvalue weighted by molar-refractivity contribution is -0.203. The van der Waals surface area contributed by atoms with Crippen molar-refractivity contribution in [3.05, 3.63) is 0 Å². The molecule has 76 valence electrons. The highest BCUT2D eigenvalue weighted by Gasteiger charge is 2.43. The molecule has 0 radical (unpaired) electrons. The summed E-state index contributed by atoms with van der Waals surface area (Å²) in [6.45, 7) is -0.266. The molecule has 1 saturated heterocycles. The molecule has 0 amide bonds. The number of hydrogen-bond donors (Lipinski definition) is 4. The van der Waals surface area contributed by atoms with Gasteiger partial charge < -0.3 is 25.2 Å². The first-order valence-corrected chi connectivity index (χ1v) is 3.93. The van der Waals surface area contributed by atoms with Crippen LogP contribution in [-0.4, -0.2) is 57.4 Å². The molecule has 4 N–H and O–H groups in total. The van der Waals surface area contributed by atoms with E-state index in [1.807, 2.05) is 0 Å². The van der Waals surface area contributed by atoms with Gasteiger partial charge in [0, 0.05) is 13.0 Å². The standard InChI is InChI=1S/C7H12O6/c8-2-1-3-4(9)5(10)6(11)7(12)13-3/h3-6,8-11H,1-2H2/t3-,4-,5+,6-/m0/s1. The molecule has 0 aromatic carbocycles. The zero-order valence-corrected chi connectivity index (χ0v) is 6.83. The molecule has 0 bridgehead atoms. The largest absolute Gasteiger partial charge is 0.457 e. The van der Waals surface area contributed by atoms with Crippen molar-refractivity contribution in [3.8, 4) is 0 Å². The fourth-order valence-corrected chi connectivity index (χ4v) is 1.19. The highest BCUT2D eigenvalue weighted by atomic mass is 16.6. The summed E-state index contributed by atoms with van der Waals surface area (Å²) >= 11 is 0. The molecule has 1 fully saturated rings. The molecular formula is C7H12O6. The van der Waals surface area contributed by atoms with Crippen LogP contribution in [0.5, 0.6) is 0 Å². The van der Waals surface area contributed by atoms with Gasteiger partial charge in [-0.1, -0.05) is 0 Å². The summed E-state index contributed by atoms with van der Waals surface area (Å²) in [6.07, 6.45) is -5.50. The molecule has 1 aliphatic heterocycles. The third-order valence-electron chi connectivity index (χ3n) is 1.98. The topological polar surface area (TPSA) is 107 Å². The van der Waals surface area contributed by atoms with Crippen LogP contribution in [0.15, 0.2) is 0 Å². The number of hydrogen-bond acceptors (Lipinski definition) is 6.